The van der Waals surface area contributed by atoms with E-state index >= 15 is 0 Å². The Morgan fingerprint density at radius 3 is 2.67 bits per heavy atom. The van der Waals surface area contributed by atoms with E-state index in [0.717, 1.165) is 13.0 Å². The SMILES string of the molecule is [S]N1C=CCC1. The van der Waals surface area contributed by atoms with Gasteiger partial charge in [0.15, 0.2) is 0 Å². The molecule has 0 amide bonds. The van der Waals surface area contributed by atoms with Crippen LogP contribution in [0.5, 0.6) is 0 Å². The zero-order valence-electron chi connectivity index (χ0n) is 3.42. The molecule has 0 spiro atoms. The monoisotopic (exact) mass is 100 g/mol. The summed E-state index contributed by atoms with van der Waals surface area (Å²) in [5, 5.41) is 0. The van der Waals surface area contributed by atoms with Gasteiger partial charge in [0, 0.05) is 25.6 Å². The van der Waals surface area contributed by atoms with Crippen LogP contribution in [-0.4, -0.2) is 10.8 Å². The highest BCUT2D eigenvalue weighted by atomic mass is 32.1. The van der Waals surface area contributed by atoms with Crippen LogP contribution in [0, 0.1) is 0 Å². The first-order valence-electron chi connectivity index (χ1n) is 2.00. The summed E-state index contributed by atoms with van der Waals surface area (Å²) < 4.78 is 1.76. The molecule has 0 saturated carbocycles. The molecule has 0 aromatic rings. The zero-order chi connectivity index (χ0) is 4.41. The van der Waals surface area contributed by atoms with Gasteiger partial charge in [-0.1, -0.05) is 6.08 Å². The third kappa shape index (κ3) is 0.684. The van der Waals surface area contributed by atoms with E-state index < -0.39 is 0 Å². The van der Waals surface area contributed by atoms with Gasteiger partial charge in [-0.2, -0.15) is 0 Å². The van der Waals surface area contributed by atoms with Gasteiger partial charge in [-0.3, -0.25) is 0 Å². The van der Waals surface area contributed by atoms with E-state index in [0.29, 0.717) is 0 Å². The third-order valence-electron chi connectivity index (χ3n) is 0.788. The van der Waals surface area contributed by atoms with Gasteiger partial charge in [-0.05, 0) is 6.42 Å². The molecule has 1 nitrogen and oxygen atoms in total. The number of nitrogens with zero attached hydrogens (tertiary/aromatic N) is 1. The molecule has 0 N–H and O–H groups in total. The molecule has 0 unspecified atom stereocenters. The lowest BCUT2D eigenvalue weighted by Crippen LogP contribution is -1.96. The Hall–Kier alpha value is -0.110. The molecular formula is C4H6NS. The fourth-order valence-electron chi connectivity index (χ4n) is 0.468. The minimum atomic E-state index is 1.02. The quantitative estimate of drug-likeness (QED) is 0.443. The molecule has 0 fully saturated rings. The minimum Gasteiger partial charge on any atom is -0.313 e. The molecule has 1 heterocycles. The lowest BCUT2D eigenvalue weighted by atomic mass is 10.5. The Kier molecular flexibility index (Phi) is 1.05. The van der Waals surface area contributed by atoms with Crippen molar-refractivity contribution in [2.24, 2.45) is 0 Å². The van der Waals surface area contributed by atoms with E-state index in [1.54, 1.807) is 4.31 Å². The molecule has 0 bridgehead atoms. The molecule has 1 radical (unpaired) electrons. The van der Waals surface area contributed by atoms with Crippen molar-refractivity contribution in [2.45, 2.75) is 6.42 Å². The van der Waals surface area contributed by atoms with Gasteiger partial charge in [0.25, 0.3) is 0 Å². The summed E-state index contributed by atoms with van der Waals surface area (Å²) in [5.74, 6) is 0. The fraction of sp³-hybridized carbons (Fsp3) is 0.500. The van der Waals surface area contributed by atoms with Crippen molar-refractivity contribution in [3.05, 3.63) is 12.3 Å². The topological polar surface area (TPSA) is 3.24 Å². The highest BCUT2D eigenvalue weighted by Gasteiger charge is 1.95. The van der Waals surface area contributed by atoms with Crippen molar-refractivity contribution in [2.75, 3.05) is 6.54 Å². The maximum Gasteiger partial charge on any atom is 0.0441 e. The lowest BCUT2D eigenvalue weighted by Gasteiger charge is -1.98. The Balaban J connectivity index is 2.38. The highest BCUT2D eigenvalue weighted by Crippen LogP contribution is 2.04. The van der Waals surface area contributed by atoms with Crippen LogP contribution >= 0.6 is 12.8 Å². The third-order valence-corrected chi connectivity index (χ3v) is 1.09. The van der Waals surface area contributed by atoms with Crippen LogP contribution < -0.4 is 0 Å². The van der Waals surface area contributed by atoms with E-state index in [2.05, 4.69) is 6.08 Å². The average molecular weight is 100 g/mol. The van der Waals surface area contributed by atoms with E-state index in [9.17, 15) is 0 Å². The second-order valence-corrected chi connectivity index (χ2v) is 1.78. The van der Waals surface area contributed by atoms with Crippen LogP contribution in [0.3, 0.4) is 0 Å². The maximum atomic E-state index is 4.75. The van der Waals surface area contributed by atoms with Crippen LogP contribution in [0.1, 0.15) is 6.42 Å². The highest BCUT2D eigenvalue weighted by molar-refractivity contribution is 7.77. The summed E-state index contributed by atoms with van der Waals surface area (Å²) in [6, 6.07) is 0. The molecule has 0 atom stereocenters. The first-order valence-corrected chi connectivity index (χ1v) is 2.36. The van der Waals surface area contributed by atoms with Crippen molar-refractivity contribution in [1.29, 1.82) is 0 Å². The molecule has 0 saturated heterocycles. The Labute approximate surface area is 43.2 Å². The summed E-state index contributed by atoms with van der Waals surface area (Å²) in [7, 11) is 0. The van der Waals surface area contributed by atoms with Crippen molar-refractivity contribution < 1.29 is 0 Å². The summed E-state index contributed by atoms with van der Waals surface area (Å²) in [5.41, 5.74) is 0. The standard InChI is InChI=1S/C4H6NS/c6-5-3-1-2-4-5/h1,3H,2,4H2. The maximum absolute atomic E-state index is 4.75. The first kappa shape index (κ1) is 4.06. The smallest absolute Gasteiger partial charge is 0.0441 e. The lowest BCUT2D eigenvalue weighted by molar-refractivity contribution is 0.680. The van der Waals surface area contributed by atoms with Crippen LogP contribution in [0.4, 0.5) is 0 Å². The molecule has 1 aliphatic rings. The van der Waals surface area contributed by atoms with Crippen LogP contribution in [0.2, 0.25) is 0 Å². The molecular weight excluding hydrogens is 94.1 g/mol. The van der Waals surface area contributed by atoms with Gasteiger partial charge >= 0.3 is 0 Å². The normalized spacial score (nSPS) is 19.8. The molecule has 2 heteroatoms. The van der Waals surface area contributed by atoms with Crippen molar-refractivity contribution in [3.63, 3.8) is 0 Å². The second kappa shape index (κ2) is 1.56. The number of hydrogen-bond donors (Lipinski definition) is 0. The van der Waals surface area contributed by atoms with Crippen LogP contribution in [-0.2, 0) is 0 Å². The Morgan fingerprint density at radius 2 is 2.50 bits per heavy atom. The zero-order valence-corrected chi connectivity index (χ0v) is 4.24. The predicted octanol–water partition coefficient (Wildman–Crippen LogP) is 1.32. The Bertz CT molecular complexity index is 69.9. The van der Waals surface area contributed by atoms with E-state index in [4.69, 9.17) is 12.8 Å². The minimum absolute atomic E-state index is 1.02. The number of hydrogen-bond acceptors (Lipinski definition) is 1. The first-order chi connectivity index (χ1) is 2.89. The van der Waals surface area contributed by atoms with Crippen molar-refractivity contribution in [3.8, 4) is 0 Å². The summed E-state index contributed by atoms with van der Waals surface area (Å²) in [4.78, 5) is 0. The molecule has 0 aromatic carbocycles. The molecule has 1 aliphatic heterocycles. The molecule has 33 valence electrons. The Morgan fingerprint density at radius 1 is 1.67 bits per heavy atom. The van der Waals surface area contributed by atoms with Gasteiger partial charge in [0.2, 0.25) is 0 Å². The van der Waals surface area contributed by atoms with Gasteiger partial charge in [-0.25, -0.2) is 0 Å². The van der Waals surface area contributed by atoms with Gasteiger partial charge in [0.05, 0.1) is 0 Å². The summed E-state index contributed by atoms with van der Waals surface area (Å²) in [6.07, 6.45) is 5.13. The van der Waals surface area contributed by atoms with Crippen LogP contribution in [0.25, 0.3) is 0 Å². The van der Waals surface area contributed by atoms with Gasteiger partial charge in [-0.15, -0.1) is 0 Å². The van der Waals surface area contributed by atoms with Crippen molar-refractivity contribution >= 4 is 12.8 Å². The van der Waals surface area contributed by atoms with E-state index in [1.165, 1.54) is 0 Å². The second-order valence-electron chi connectivity index (χ2n) is 1.31. The summed E-state index contributed by atoms with van der Waals surface area (Å²) in [6.45, 7) is 1.02. The van der Waals surface area contributed by atoms with E-state index in [1.807, 2.05) is 6.20 Å². The van der Waals surface area contributed by atoms with Gasteiger partial charge in [0.1, 0.15) is 0 Å². The molecule has 1 rings (SSSR count). The number of rotatable bonds is 0. The molecule has 6 heavy (non-hydrogen) atoms. The van der Waals surface area contributed by atoms with Crippen molar-refractivity contribution in [1.82, 2.24) is 4.31 Å². The molecule has 0 aliphatic carbocycles. The fourth-order valence-corrected chi connectivity index (χ4v) is 0.660. The molecule has 0 aromatic heterocycles. The summed E-state index contributed by atoms with van der Waals surface area (Å²) >= 11 is 4.75. The average Bonchev–Trinajstić information content (AvgIpc) is 1.86. The van der Waals surface area contributed by atoms with E-state index in [-0.39, 0.29) is 0 Å². The van der Waals surface area contributed by atoms with Gasteiger partial charge < -0.3 is 4.31 Å². The predicted molar refractivity (Wildman–Crippen MR) is 28.1 cm³/mol. The van der Waals surface area contributed by atoms with Crippen LogP contribution in [0.15, 0.2) is 12.3 Å². The largest absolute Gasteiger partial charge is 0.313 e.